The van der Waals surface area contributed by atoms with Crippen molar-refractivity contribution in [3.63, 3.8) is 0 Å². The Morgan fingerprint density at radius 2 is 1.85 bits per heavy atom. The van der Waals surface area contributed by atoms with E-state index in [9.17, 15) is 9.59 Å². The molecule has 132 valence electrons. The van der Waals surface area contributed by atoms with E-state index < -0.39 is 0 Å². The lowest BCUT2D eigenvalue weighted by Crippen LogP contribution is -2.14. The minimum absolute atomic E-state index is 0.129. The number of H-pyrrole nitrogens is 1. The van der Waals surface area contributed by atoms with Gasteiger partial charge >= 0.3 is 5.69 Å². The van der Waals surface area contributed by atoms with Crippen molar-refractivity contribution in [1.82, 2.24) is 9.55 Å². The molecule has 0 atom stereocenters. The van der Waals surface area contributed by atoms with Crippen LogP contribution < -0.4 is 5.69 Å². The molecule has 0 aliphatic heterocycles. The maximum atomic E-state index is 12.5. The van der Waals surface area contributed by atoms with E-state index in [1.54, 1.807) is 54.9 Å². The largest absolute Gasteiger partial charge is 0.463 e. The van der Waals surface area contributed by atoms with Gasteiger partial charge < -0.3 is 9.40 Å². The van der Waals surface area contributed by atoms with Crippen LogP contribution in [0.25, 0.3) is 23.2 Å². The van der Waals surface area contributed by atoms with Crippen LogP contribution >= 0.6 is 0 Å². The summed E-state index contributed by atoms with van der Waals surface area (Å²) in [6, 6.07) is 20.1. The number of aromatic amines is 1. The van der Waals surface area contributed by atoms with Gasteiger partial charge in [-0.1, -0.05) is 48.5 Å². The van der Waals surface area contributed by atoms with Gasteiger partial charge in [-0.25, -0.2) is 4.79 Å². The average Bonchev–Trinajstić information content (AvgIpc) is 3.37. The monoisotopic (exact) mass is 356 g/mol. The number of nitrogens with zero attached hydrogens (tertiary/aromatic N) is 1. The molecule has 2 aromatic heterocycles. The Hall–Kier alpha value is -3.86. The molecule has 0 saturated heterocycles. The first-order valence-electron chi connectivity index (χ1n) is 8.44. The molecule has 0 unspecified atom stereocenters. The molecule has 0 spiro atoms. The van der Waals surface area contributed by atoms with Crippen molar-refractivity contribution in [3.8, 4) is 17.1 Å². The fourth-order valence-corrected chi connectivity index (χ4v) is 2.79. The van der Waals surface area contributed by atoms with E-state index in [4.69, 9.17) is 4.42 Å². The minimum atomic E-state index is -0.300. The Bertz CT molecular complexity index is 1150. The number of nitrogens with one attached hydrogen (secondary N) is 1. The Morgan fingerprint density at radius 3 is 2.63 bits per heavy atom. The summed E-state index contributed by atoms with van der Waals surface area (Å²) in [6.07, 6.45) is 6.50. The van der Waals surface area contributed by atoms with Gasteiger partial charge in [-0.15, -0.1) is 0 Å². The molecule has 0 fully saturated rings. The zero-order valence-corrected chi connectivity index (χ0v) is 14.3. The van der Waals surface area contributed by atoms with Gasteiger partial charge in [0.1, 0.15) is 5.69 Å². The summed E-state index contributed by atoms with van der Waals surface area (Å²) in [6.45, 7) is 0. The minimum Gasteiger partial charge on any atom is -0.463 e. The van der Waals surface area contributed by atoms with Gasteiger partial charge in [0.2, 0.25) is 0 Å². The Balaban J connectivity index is 1.62. The number of hydrogen-bond donors (Lipinski definition) is 1. The van der Waals surface area contributed by atoms with Crippen LogP contribution in [-0.2, 0) is 0 Å². The zero-order valence-electron chi connectivity index (χ0n) is 14.3. The Kier molecular flexibility index (Phi) is 4.41. The van der Waals surface area contributed by atoms with E-state index in [-0.39, 0.29) is 11.5 Å². The van der Waals surface area contributed by atoms with Crippen LogP contribution in [0.15, 0.2) is 94.5 Å². The molecule has 1 N–H and O–H groups in total. The van der Waals surface area contributed by atoms with E-state index in [1.807, 2.05) is 30.3 Å². The second-order valence-corrected chi connectivity index (χ2v) is 5.98. The van der Waals surface area contributed by atoms with Crippen molar-refractivity contribution in [3.05, 3.63) is 107 Å². The second kappa shape index (κ2) is 7.17. The molecule has 0 aliphatic rings. The molecule has 2 aromatic carbocycles. The van der Waals surface area contributed by atoms with E-state index in [0.29, 0.717) is 22.7 Å². The van der Waals surface area contributed by atoms with Crippen LogP contribution in [0.5, 0.6) is 0 Å². The highest BCUT2D eigenvalue weighted by molar-refractivity contribution is 6.07. The lowest BCUT2D eigenvalue weighted by molar-refractivity contribution is 0.104. The summed E-state index contributed by atoms with van der Waals surface area (Å²) in [7, 11) is 0. The summed E-state index contributed by atoms with van der Waals surface area (Å²) < 4.78 is 6.77. The molecule has 5 nitrogen and oxygen atoms in total. The Labute approximate surface area is 155 Å². The molecule has 0 bridgehead atoms. The summed E-state index contributed by atoms with van der Waals surface area (Å²) >= 11 is 0. The quantitative estimate of drug-likeness (QED) is 0.428. The smallest absolute Gasteiger partial charge is 0.330 e. The fraction of sp³-hybridized carbons (Fsp3) is 0. The SMILES string of the molecule is O=C(/C=C/c1ccccc1)c1cccc(-n2cc(-c3ccco3)[nH]c2=O)c1. The maximum absolute atomic E-state index is 12.5. The predicted molar refractivity (Wildman–Crippen MR) is 104 cm³/mol. The lowest BCUT2D eigenvalue weighted by Gasteiger charge is -2.03. The highest BCUT2D eigenvalue weighted by atomic mass is 16.3. The number of rotatable bonds is 5. The molecule has 5 heteroatoms. The molecule has 0 saturated carbocycles. The van der Waals surface area contributed by atoms with Crippen LogP contribution in [0.3, 0.4) is 0 Å². The van der Waals surface area contributed by atoms with E-state index in [2.05, 4.69) is 4.98 Å². The number of carbonyl (C=O) groups excluding carboxylic acids is 1. The van der Waals surface area contributed by atoms with Crippen LogP contribution in [0.4, 0.5) is 0 Å². The number of hydrogen-bond acceptors (Lipinski definition) is 3. The van der Waals surface area contributed by atoms with Gasteiger partial charge in [0.15, 0.2) is 11.5 Å². The van der Waals surface area contributed by atoms with E-state index in [0.717, 1.165) is 5.56 Å². The maximum Gasteiger partial charge on any atom is 0.330 e. The second-order valence-electron chi connectivity index (χ2n) is 5.98. The van der Waals surface area contributed by atoms with Crippen molar-refractivity contribution in [2.75, 3.05) is 0 Å². The number of aromatic nitrogens is 2. The summed E-state index contributed by atoms with van der Waals surface area (Å²) in [5.74, 6) is 0.444. The molecule has 0 aliphatic carbocycles. The van der Waals surface area contributed by atoms with Crippen molar-refractivity contribution < 1.29 is 9.21 Å². The standard InChI is InChI=1S/C22H16N2O3/c25-20(12-11-16-6-2-1-3-7-16)17-8-4-9-18(14-17)24-15-19(23-22(24)26)21-10-5-13-27-21/h1-15H,(H,23,26)/b12-11+. The summed E-state index contributed by atoms with van der Waals surface area (Å²) in [5, 5.41) is 0. The molecular formula is C22H16N2O3. The number of furan rings is 1. The van der Waals surface area contributed by atoms with Crippen LogP contribution in [0.2, 0.25) is 0 Å². The zero-order chi connectivity index (χ0) is 18.6. The first-order valence-corrected chi connectivity index (χ1v) is 8.44. The van der Waals surface area contributed by atoms with Crippen molar-refractivity contribution >= 4 is 11.9 Å². The van der Waals surface area contributed by atoms with Gasteiger partial charge in [-0.05, 0) is 35.9 Å². The van der Waals surface area contributed by atoms with Gasteiger partial charge in [0.05, 0.1) is 12.0 Å². The highest BCUT2D eigenvalue weighted by Crippen LogP contribution is 2.18. The third-order valence-electron chi connectivity index (χ3n) is 4.14. The van der Waals surface area contributed by atoms with Crippen LogP contribution in [0.1, 0.15) is 15.9 Å². The van der Waals surface area contributed by atoms with Gasteiger partial charge in [0.25, 0.3) is 0 Å². The molecule has 4 rings (SSSR count). The van der Waals surface area contributed by atoms with E-state index >= 15 is 0 Å². The molecule has 0 amide bonds. The van der Waals surface area contributed by atoms with Gasteiger partial charge in [0, 0.05) is 11.8 Å². The van der Waals surface area contributed by atoms with Crippen molar-refractivity contribution in [2.24, 2.45) is 0 Å². The third-order valence-corrected chi connectivity index (χ3v) is 4.14. The van der Waals surface area contributed by atoms with Crippen LogP contribution in [0, 0.1) is 0 Å². The van der Waals surface area contributed by atoms with E-state index in [1.165, 1.54) is 10.6 Å². The number of benzene rings is 2. The van der Waals surface area contributed by atoms with Crippen molar-refractivity contribution in [1.29, 1.82) is 0 Å². The fourth-order valence-electron chi connectivity index (χ4n) is 2.79. The van der Waals surface area contributed by atoms with Crippen molar-refractivity contribution in [2.45, 2.75) is 0 Å². The number of imidazole rings is 1. The summed E-state index contributed by atoms with van der Waals surface area (Å²) in [4.78, 5) is 27.5. The predicted octanol–water partition coefficient (Wildman–Crippen LogP) is 4.32. The lowest BCUT2D eigenvalue weighted by atomic mass is 10.1. The van der Waals surface area contributed by atoms with Gasteiger partial charge in [-0.2, -0.15) is 0 Å². The molecule has 2 heterocycles. The molecule has 4 aromatic rings. The van der Waals surface area contributed by atoms with Gasteiger partial charge in [-0.3, -0.25) is 9.36 Å². The topological polar surface area (TPSA) is 68.0 Å². The average molecular weight is 356 g/mol. The number of allylic oxidation sites excluding steroid dienone is 1. The Morgan fingerprint density at radius 1 is 1.00 bits per heavy atom. The first-order chi connectivity index (χ1) is 13.2. The molecule has 27 heavy (non-hydrogen) atoms. The van der Waals surface area contributed by atoms with Crippen LogP contribution in [-0.4, -0.2) is 15.3 Å². The summed E-state index contributed by atoms with van der Waals surface area (Å²) in [5.41, 5.74) is 2.34. The molecular weight excluding hydrogens is 340 g/mol. The first kappa shape index (κ1) is 16.6. The number of ketones is 1. The number of carbonyl (C=O) groups is 1. The third kappa shape index (κ3) is 3.57. The molecule has 0 radical (unpaired) electrons. The highest BCUT2D eigenvalue weighted by Gasteiger charge is 2.10. The normalized spacial score (nSPS) is 11.1.